The van der Waals surface area contributed by atoms with E-state index in [1.165, 1.54) is 0 Å². The first-order valence-electron chi connectivity index (χ1n) is 4.95. The van der Waals surface area contributed by atoms with E-state index < -0.39 is 0 Å². The van der Waals surface area contributed by atoms with Crippen LogP contribution in [0.5, 0.6) is 0 Å². The van der Waals surface area contributed by atoms with Gasteiger partial charge in [0, 0.05) is 5.92 Å². The fourth-order valence-corrected chi connectivity index (χ4v) is 2.16. The Morgan fingerprint density at radius 2 is 1.85 bits per heavy atom. The first-order valence-corrected chi connectivity index (χ1v) is 4.95. The monoisotopic (exact) mass is 185 g/mol. The standard InChI is InChI=1S/C10H19NO2/c1-6(2)8-5-11(13)10(12)9(8)7(3)4/h6-9,13H,5H2,1-4H3. The minimum atomic E-state index is -0.103. The molecule has 2 atom stereocenters. The molecule has 0 aromatic rings. The van der Waals surface area contributed by atoms with Crippen LogP contribution in [0.25, 0.3) is 0 Å². The van der Waals surface area contributed by atoms with Crippen LogP contribution >= 0.6 is 0 Å². The van der Waals surface area contributed by atoms with E-state index in [0.29, 0.717) is 24.3 Å². The molecule has 0 aliphatic carbocycles. The molecule has 3 heteroatoms. The quantitative estimate of drug-likeness (QED) is 0.666. The summed E-state index contributed by atoms with van der Waals surface area (Å²) in [6.07, 6.45) is 0. The molecule has 1 aliphatic heterocycles. The fourth-order valence-electron chi connectivity index (χ4n) is 2.16. The highest BCUT2D eigenvalue weighted by Crippen LogP contribution is 2.34. The third kappa shape index (κ3) is 1.85. The molecule has 1 N–H and O–H groups in total. The molecule has 1 heterocycles. The summed E-state index contributed by atoms with van der Waals surface area (Å²) in [4.78, 5) is 11.5. The third-order valence-corrected chi connectivity index (χ3v) is 2.96. The molecular formula is C10H19NO2. The van der Waals surface area contributed by atoms with Crippen LogP contribution in [0.2, 0.25) is 0 Å². The van der Waals surface area contributed by atoms with Gasteiger partial charge in [0.05, 0.1) is 6.54 Å². The fraction of sp³-hybridized carbons (Fsp3) is 0.900. The molecule has 1 fully saturated rings. The zero-order valence-electron chi connectivity index (χ0n) is 8.82. The maximum Gasteiger partial charge on any atom is 0.249 e. The van der Waals surface area contributed by atoms with Crippen LogP contribution in [0.4, 0.5) is 0 Å². The Morgan fingerprint density at radius 1 is 1.31 bits per heavy atom. The lowest BCUT2D eigenvalue weighted by atomic mass is 9.79. The van der Waals surface area contributed by atoms with Gasteiger partial charge in [-0.2, -0.15) is 0 Å². The van der Waals surface area contributed by atoms with Crippen molar-refractivity contribution in [2.45, 2.75) is 27.7 Å². The summed E-state index contributed by atoms with van der Waals surface area (Å²) < 4.78 is 0. The Bertz CT molecular complexity index is 201. The molecule has 13 heavy (non-hydrogen) atoms. The highest BCUT2D eigenvalue weighted by Gasteiger charge is 2.42. The summed E-state index contributed by atoms with van der Waals surface area (Å²) in [5.41, 5.74) is 0. The molecule has 0 bridgehead atoms. The third-order valence-electron chi connectivity index (χ3n) is 2.96. The van der Waals surface area contributed by atoms with Crippen molar-refractivity contribution in [3.05, 3.63) is 0 Å². The van der Waals surface area contributed by atoms with Crippen molar-refractivity contribution in [1.82, 2.24) is 5.06 Å². The van der Waals surface area contributed by atoms with Crippen molar-refractivity contribution in [3.63, 3.8) is 0 Å². The van der Waals surface area contributed by atoms with E-state index in [2.05, 4.69) is 13.8 Å². The average molecular weight is 185 g/mol. The van der Waals surface area contributed by atoms with Gasteiger partial charge in [-0.05, 0) is 17.8 Å². The maximum atomic E-state index is 11.5. The van der Waals surface area contributed by atoms with Crippen molar-refractivity contribution < 1.29 is 10.0 Å². The Morgan fingerprint density at radius 3 is 2.15 bits per heavy atom. The first kappa shape index (κ1) is 10.5. The number of hydrogen-bond acceptors (Lipinski definition) is 2. The van der Waals surface area contributed by atoms with Crippen LogP contribution in [0, 0.1) is 23.7 Å². The minimum absolute atomic E-state index is 0.00463. The van der Waals surface area contributed by atoms with Gasteiger partial charge in [-0.1, -0.05) is 27.7 Å². The molecule has 0 radical (unpaired) electrons. The predicted octanol–water partition coefficient (Wildman–Crippen LogP) is 1.76. The van der Waals surface area contributed by atoms with Crippen molar-refractivity contribution in [2.75, 3.05) is 6.54 Å². The van der Waals surface area contributed by atoms with E-state index in [9.17, 15) is 10.0 Å². The Balaban J connectivity index is 2.81. The van der Waals surface area contributed by atoms with Crippen LogP contribution in [-0.4, -0.2) is 22.7 Å². The van der Waals surface area contributed by atoms with Crippen molar-refractivity contribution in [1.29, 1.82) is 0 Å². The van der Waals surface area contributed by atoms with Crippen LogP contribution in [0.3, 0.4) is 0 Å². The second kappa shape index (κ2) is 3.66. The van der Waals surface area contributed by atoms with Crippen molar-refractivity contribution >= 4 is 5.91 Å². The second-order valence-electron chi connectivity index (χ2n) is 4.60. The highest BCUT2D eigenvalue weighted by atomic mass is 16.5. The van der Waals surface area contributed by atoms with Crippen LogP contribution in [0.15, 0.2) is 0 Å². The average Bonchev–Trinajstić information content (AvgIpc) is 2.28. The lowest BCUT2D eigenvalue weighted by molar-refractivity contribution is -0.160. The number of hydrogen-bond donors (Lipinski definition) is 1. The molecule has 1 rings (SSSR count). The number of amides is 1. The van der Waals surface area contributed by atoms with E-state index in [0.717, 1.165) is 5.06 Å². The molecule has 0 aromatic heterocycles. The van der Waals surface area contributed by atoms with Gasteiger partial charge in [-0.25, -0.2) is 5.06 Å². The highest BCUT2D eigenvalue weighted by molar-refractivity contribution is 5.80. The number of hydroxylamine groups is 2. The van der Waals surface area contributed by atoms with Gasteiger partial charge in [0.25, 0.3) is 0 Å². The van der Waals surface area contributed by atoms with E-state index >= 15 is 0 Å². The molecule has 1 saturated heterocycles. The number of nitrogens with zero attached hydrogens (tertiary/aromatic N) is 1. The second-order valence-corrected chi connectivity index (χ2v) is 4.60. The maximum absolute atomic E-state index is 11.5. The SMILES string of the molecule is CC(C)C1CN(O)C(=O)C1C(C)C. The van der Waals surface area contributed by atoms with E-state index in [4.69, 9.17) is 0 Å². The van der Waals surface area contributed by atoms with Gasteiger partial charge < -0.3 is 0 Å². The zero-order valence-corrected chi connectivity index (χ0v) is 8.82. The summed E-state index contributed by atoms with van der Waals surface area (Å²) >= 11 is 0. The van der Waals surface area contributed by atoms with Crippen molar-refractivity contribution in [2.24, 2.45) is 23.7 Å². The van der Waals surface area contributed by atoms with E-state index in [1.807, 2.05) is 13.8 Å². The lowest BCUT2D eigenvalue weighted by Crippen LogP contribution is -2.27. The molecule has 0 saturated carbocycles. The van der Waals surface area contributed by atoms with Gasteiger partial charge in [-0.15, -0.1) is 0 Å². The van der Waals surface area contributed by atoms with E-state index in [1.54, 1.807) is 0 Å². The van der Waals surface area contributed by atoms with Crippen LogP contribution in [0.1, 0.15) is 27.7 Å². The number of rotatable bonds is 2. The number of carbonyl (C=O) groups is 1. The summed E-state index contributed by atoms with van der Waals surface area (Å²) in [6, 6.07) is 0. The normalized spacial score (nSPS) is 29.5. The Kier molecular flexibility index (Phi) is 2.96. The topological polar surface area (TPSA) is 40.5 Å². The largest absolute Gasteiger partial charge is 0.286 e. The summed E-state index contributed by atoms with van der Waals surface area (Å²) in [5, 5.41) is 10.2. The molecule has 76 valence electrons. The van der Waals surface area contributed by atoms with Gasteiger partial charge in [-0.3, -0.25) is 10.0 Å². The predicted molar refractivity (Wildman–Crippen MR) is 50.2 cm³/mol. The summed E-state index contributed by atoms with van der Waals surface area (Å²) in [6.45, 7) is 8.78. The first-order chi connectivity index (χ1) is 5.95. The molecule has 3 nitrogen and oxygen atoms in total. The lowest BCUT2D eigenvalue weighted by Gasteiger charge is -2.22. The molecule has 1 aliphatic rings. The van der Waals surface area contributed by atoms with Gasteiger partial charge in [0.15, 0.2) is 0 Å². The van der Waals surface area contributed by atoms with Gasteiger partial charge in [0.1, 0.15) is 0 Å². The zero-order chi connectivity index (χ0) is 10.2. The van der Waals surface area contributed by atoms with Crippen molar-refractivity contribution in [3.8, 4) is 0 Å². The molecule has 0 spiro atoms. The van der Waals surface area contributed by atoms with Crippen LogP contribution < -0.4 is 0 Å². The Labute approximate surface area is 79.7 Å². The van der Waals surface area contributed by atoms with Crippen LogP contribution in [-0.2, 0) is 4.79 Å². The van der Waals surface area contributed by atoms with Gasteiger partial charge in [0.2, 0.25) is 5.91 Å². The number of carbonyl (C=O) groups excluding carboxylic acids is 1. The molecule has 2 unspecified atom stereocenters. The Hall–Kier alpha value is -0.570. The minimum Gasteiger partial charge on any atom is -0.286 e. The summed E-state index contributed by atoms with van der Waals surface area (Å²) in [5.74, 6) is 0.974. The molecular weight excluding hydrogens is 166 g/mol. The smallest absolute Gasteiger partial charge is 0.249 e. The van der Waals surface area contributed by atoms with Gasteiger partial charge >= 0.3 is 0 Å². The van der Waals surface area contributed by atoms with E-state index in [-0.39, 0.29) is 11.8 Å². The molecule has 1 amide bonds. The summed E-state index contributed by atoms with van der Waals surface area (Å²) in [7, 11) is 0. The molecule has 0 aromatic carbocycles.